The van der Waals surface area contributed by atoms with Crippen LogP contribution in [0.3, 0.4) is 0 Å². The van der Waals surface area contributed by atoms with Crippen molar-refractivity contribution in [3.8, 4) is 0 Å². The standard InChI is InChI=1S/C27H37NO4Si/c1-26(2,3)32-25(29)28-21-17-18-22(30-19-21)20-31-33(27(4,5)6,23-13-9-7-10-14-23)24-15-11-8-12-16-24/h7-18,21-22H,19-20H2,1-6H3,(H,28,29). The van der Waals surface area contributed by atoms with Crippen LogP contribution in [0.1, 0.15) is 41.5 Å². The second-order valence-corrected chi connectivity index (χ2v) is 14.8. The molecular weight excluding hydrogens is 430 g/mol. The molecule has 2 unspecified atom stereocenters. The predicted octanol–water partition coefficient (Wildman–Crippen LogP) is 4.41. The minimum atomic E-state index is -2.61. The number of benzene rings is 2. The zero-order chi connectivity index (χ0) is 24.1. The summed E-state index contributed by atoms with van der Waals surface area (Å²) in [4.78, 5) is 12.0. The highest BCUT2D eigenvalue weighted by Crippen LogP contribution is 2.37. The van der Waals surface area contributed by atoms with Gasteiger partial charge >= 0.3 is 6.09 Å². The van der Waals surface area contributed by atoms with Gasteiger partial charge in [-0.1, -0.05) is 93.6 Å². The Morgan fingerprint density at radius 2 is 1.48 bits per heavy atom. The molecule has 0 radical (unpaired) electrons. The molecule has 1 amide bonds. The van der Waals surface area contributed by atoms with Crippen molar-refractivity contribution in [2.75, 3.05) is 13.2 Å². The third kappa shape index (κ3) is 6.34. The fraction of sp³-hybridized carbons (Fsp3) is 0.444. The van der Waals surface area contributed by atoms with E-state index in [0.717, 1.165) is 0 Å². The molecular formula is C27H37NO4Si. The van der Waals surface area contributed by atoms with Gasteiger partial charge in [0, 0.05) is 0 Å². The number of ether oxygens (including phenoxy) is 2. The van der Waals surface area contributed by atoms with E-state index in [2.05, 4.69) is 74.6 Å². The van der Waals surface area contributed by atoms with E-state index in [9.17, 15) is 4.79 Å². The molecule has 0 aromatic heterocycles. The van der Waals surface area contributed by atoms with Crippen molar-refractivity contribution in [2.24, 2.45) is 0 Å². The summed E-state index contributed by atoms with van der Waals surface area (Å²) < 4.78 is 18.3. The highest BCUT2D eigenvalue weighted by Gasteiger charge is 2.50. The zero-order valence-electron chi connectivity index (χ0n) is 20.6. The molecule has 3 rings (SSSR count). The average Bonchev–Trinajstić information content (AvgIpc) is 2.74. The Hall–Kier alpha value is -2.41. The van der Waals surface area contributed by atoms with Crippen LogP contribution < -0.4 is 15.7 Å². The normalized spacial score (nSPS) is 19.2. The molecule has 0 spiro atoms. The van der Waals surface area contributed by atoms with E-state index >= 15 is 0 Å². The van der Waals surface area contributed by atoms with Crippen LogP contribution in [0, 0.1) is 0 Å². The van der Waals surface area contributed by atoms with Gasteiger partial charge in [-0.15, -0.1) is 0 Å². The number of hydrogen-bond donors (Lipinski definition) is 1. The molecule has 1 N–H and O–H groups in total. The quantitative estimate of drug-likeness (QED) is 0.505. The van der Waals surface area contributed by atoms with Crippen LogP contribution in [0.25, 0.3) is 0 Å². The van der Waals surface area contributed by atoms with Gasteiger partial charge in [0.1, 0.15) is 5.60 Å². The van der Waals surface area contributed by atoms with Crippen molar-refractivity contribution in [2.45, 2.75) is 64.3 Å². The minimum absolute atomic E-state index is 0.0884. The van der Waals surface area contributed by atoms with Crippen LogP contribution >= 0.6 is 0 Å². The molecule has 178 valence electrons. The lowest BCUT2D eigenvalue weighted by molar-refractivity contribution is 0.0228. The van der Waals surface area contributed by atoms with Gasteiger partial charge in [0.05, 0.1) is 25.4 Å². The van der Waals surface area contributed by atoms with E-state index in [4.69, 9.17) is 13.9 Å². The third-order valence-corrected chi connectivity index (χ3v) is 10.6. The number of alkyl carbamates (subject to hydrolysis) is 1. The second-order valence-electron chi connectivity index (χ2n) is 10.5. The summed E-state index contributed by atoms with van der Waals surface area (Å²) in [7, 11) is -2.61. The molecule has 0 saturated carbocycles. The first-order chi connectivity index (χ1) is 15.5. The van der Waals surface area contributed by atoms with Gasteiger partial charge in [-0.2, -0.15) is 0 Å². The molecule has 6 heteroatoms. The van der Waals surface area contributed by atoms with Gasteiger partial charge in [0.15, 0.2) is 0 Å². The zero-order valence-corrected chi connectivity index (χ0v) is 21.6. The van der Waals surface area contributed by atoms with Gasteiger partial charge < -0.3 is 19.2 Å². The largest absolute Gasteiger partial charge is 0.444 e. The van der Waals surface area contributed by atoms with Crippen molar-refractivity contribution >= 4 is 24.8 Å². The Labute approximate surface area is 199 Å². The summed E-state index contributed by atoms with van der Waals surface area (Å²) in [6.45, 7) is 13.1. The van der Waals surface area contributed by atoms with Gasteiger partial charge in [-0.3, -0.25) is 0 Å². The van der Waals surface area contributed by atoms with E-state index < -0.39 is 20.0 Å². The lowest BCUT2D eigenvalue weighted by Crippen LogP contribution is -2.67. The summed E-state index contributed by atoms with van der Waals surface area (Å²) in [6, 6.07) is 20.9. The Bertz CT molecular complexity index is 893. The van der Waals surface area contributed by atoms with E-state index in [1.165, 1.54) is 10.4 Å². The fourth-order valence-corrected chi connectivity index (χ4v) is 8.79. The van der Waals surface area contributed by atoms with Crippen LogP contribution in [0.5, 0.6) is 0 Å². The number of carbonyl (C=O) groups is 1. The molecule has 1 aliphatic rings. The number of nitrogens with one attached hydrogen (secondary N) is 1. The van der Waals surface area contributed by atoms with Crippen LogP contribution in [0.15, 0.2) is 72.8 Å². The molecule has 0 fully saturated rings. The molecule has 0 saturated heterocycles. The highest BCUT2D eigenvalue weighted by molar-refractivity contribution is 6.99. The maximum Gasteiger partial charge on any atom is 0.408 e. The van der Waals surface area contributed by atoms with E-state index in [1.807, 2.05) is 45.1 Å². The first-order valence-corrected chi connectivity index (χ1v) is 13.5. The van der Waals surface area contributed by atoms with E-state index in [0.29, 0.717) is 13.2 Å². The Kier molecular flexibility index (Phi) is 7.83. The van der Waals surface area contributed by atoms with Crippen LogP contribution in [-0.4, -0.2) is 45.4 Å². The SMILES string of the molecule is CC(C)(C)OC(=O)NC1C=CC(CO[Si](c2ccccc2)(c2ccccc2)C(C)(C)C)OC1. The molecule has 1 aliphatic heterocycles. The van der Waals surface area contributed by atoms with Crippen LogP contribution in [0.4, 0.5) is 4.79 Å². The van der Waals surface area contributed by atoms with Crippen molar-refractivity contribution in [3.63, 3.8) is 0 Å². The Morgan fingerprint density at radius 3 is 1.91 bits per heavy atom. The monoisotopic (exact) mass is 467 g/mol. The molecule has 2 atom stereocenters. The van der Waals surface area contributed by atoms with Gasteiger partial charge in [0.2, 0.25) is 0 Å². The van der Waals surface area contributed by atoms with Crippen molar-refractivity contribution in [1.29, 1.82) is 0 Å². The lowest BCUT2D eigenvalue weighted by Gasteiger charge is -2.43. The topological polar surface area (TPSA) is 56.8 Å². The highest BCUT2D eigenvalue weighted by atomic mass is 28.4. The Morgan fingerprint density at radius 1 is 0.939 bits per heavy atom. The lowest BCUT2D eigenvalue weighted by atomic mass is 10.2. The molecule has 1 heterocycles. The van der Waals surface area contributed by atoms with Gasteiger partial charge in [-0.05, 0) is 36.2 Å². The molecule has 2 aromatic carbocycles. The first kappa shape index (κ1) is 25.2. The smallest absolute Gasteiger partial charge is 0.408 e. The number of hydrogen-bond acceptors (Lipinski definition) is 4. The second kappa shape index (κ2) is 10.2. The van der Waals surface area contributed by atoms with Crippen LogP contribution in [0.2, 0.25) is 5.04 Å². The summed E-state index contributed by atoms with van der Waals surface area (Å²) >= 11 is 0. The number of amides is 1. The Balaban J connectivity index is 1.77. The van der Waals surface area contributed by atoms with Crippen molar-refractivity contribution < 1.29 is 18.7 Å². The predicted molar refractivity (Wildman–Crippen MR) is 136 cm³/mol. The summed E-state index contributed by atoms with van der Waals surface area (Å²) in [5, 5.41) is 5.24. The maximum absolute atomic E-state index is 12.0. The summed E-state index contributed by atoms with van der Waals surface area (Å²) in [5.41, 5.74) is -0.532. The number of carbonyl (C=O) groups excluding carboxylic acids is 1. The van der Waals surface area contributed by atoms with E-state index in [1.54, 1.807) is 0 Å². The van der Waals surface area contributed by atoms with E-state index in [-0.39, 0.29) is 17.2 Å². The summed E-state index contributed by atoms with van der Waals surface area (Å²) in [5.74, 6) is 0. The third-order valence-electron chi connectivity index (χ3n) is 5.63. The maximum atomic E-state index is 12.0. The van der Waals surface area contributed by atoms with Crippen molar-refractivity contribution in [1.82, 2.24) is 5.32 Å². The van der Waals surface area contributed by atoms with Crippen LogP contribution in [-0.2, 0) is 13.9 Å². The summed E-state index contributed by atoms with van der Waals surface area (Å²) in [6.07, 6.45) is 3.32. The molecule has 0 aliphatic carbocycles. The van der Waals surface area contributed by atoms with Gasteiger partial charge in [0.25, 0.3) is 8.32 Å². The fourth-order valence-electron chi connectivity index (χ4n) is 4.22. The average molecular weight is 468 g/mol. The van der Waals surface area contributed by atoms with Crippen molar-refractivity contribution in [3.05, 3.63) is 72.8 Å². The molecule has 33 heavy (non-hydrogen) atoms. The minimum Gasteiger partial charge on any atom is -0.444 e. The first-order valence-electron chi connectivity index (χ1n) is 11.6. The van der Waals surface area contributed by atoms with Gasteiger partial charge in [-0.25, -0.2) is 4.79 Å². The number of rotatable bonds is 6. The molecule has 2 aromatic rings. The molecule has 5 nitrogen and oxygen atoms in total. The molecule has 0 bridgehead atoms.